The van der Waals surface area contributed by atoms with Crippen molar-refractivity contribution in [3.05, 3.63) is 57.0 Å². The van der Waals surface area contributed by atoms with Crippen LogP contribution in [-0.4, -0.2) is 6.79 Å². The topological polar surface area (TPSA) is 42.2 Å². The van der Waals surface area contributed by atoms with E-state index in [0.717, 1.165) is 15.6 Å². The van der Waals surface area contributed by atoms with Crippen molar-refractivity contribution in [3.63, 3.8) is 0 Å². The Kier molecular flexibility index (Phi) is 3.87. The molecule has 2 aromatic rings. The van der Waals surface area contributed by atoms with Crippen molar-refractivity contribution in [2.75, 3.05) is 6.79 Å². The van der Waals surface area contributed by atoms with Crippen LogP contribution in [0.3, 0.4) is 0 Å². The summed E-state index contributed by atoms with van der Waals surface area (Å²) in [4.78, 5) is 0. The van der Waals surface area contributed by atoms with Crippen LogP contribution in [0.15, 0.2) is 40.9 Å². The highest BCUT2D eigenvalue weighted by Gasteiger charge is 2.16. The van der Waals surface area contributed by atoms with E-state index in [1.165, 1.54) is 0 Å². The van der Waals surface area contributed by atoms with Crippen molar-refractivity contribution in [2.24, 2.45) is 0 Å². The summed E-state index contributed by atoms with van der Waals surface area (Å²) in [5.41, 5.74) is 2.21. The van der Waals surface area contributed by atoms with Crippen LogP contribution in [0.5, 0.6) is 11.5 Å². The lowest BCUT2D eigenvalue weighted by Crippen LogP contribution is -1.92. The molecule has 0 bridgehead atoms. The largest absolute Gasteiger partial charge is 0.454 e. The van der Waals surface area contributed by atoms with Crippen molar-refractivity contribution < 1.29 is 9.47 Å². The fraction of sp³-hybridized carbons (Fsp3) is 0.0625. The smallest absolute Gasteiger partial charge is 0.231 e. The fourth-order valence-electron chi connectivity index (χ4n) is 2.01. The Balaban J connectivity index is 2.03. The van der Waals surface area contributed by atoms with Gasteiger partial charge < -0.3 is 9.47 Å². The molecule has 2 aromatic carbocycles. The third kappa shape index (κ3) is 2.90. The van der Waals surface area contributed by atoms with Gasteiger partial charge in [-0.1, -0.05) is 39.7 Å². The van der Waals surface area contributed by atoms with Gasteiger partial charge in [-0.25, -0.2) is 0 Å². The summed E-state index contributed by atoms with van der Waals surface area (Å²) < 4.78 is 11.5. The number of hydrogen-bond donors (Lipinski definition) is 0. The van der Waals surface area contributed by atoms with Crippen LogP contribution in [0.2, 0.25) is 5.02 Å². The molecule has 5 heteroatoms. The Hall–Kier alpha value is -1.96. The van der Waals surface area contributed by atoms with Gasteiger partial charge in [0.25, 0.3) is 0 Å². The highest BCUT2D eigenvalue weighted by molar-refractivity contribution is 9.10. The molecule has 0 unspecified atom stereocenters. The first-order valence-electron chi connectivity index (χ1n) is 6.14. The molecule has 0 atom stereocenters. The number of hydrogen-bond acceptors (Lipinski definition) is 3. The van der Waals surface area contributed by atoms with Gasteiger partial charge in [-0.05, 0) is 41.5 Å². The number of halogens is 2. The zero-order valence-corrected chi connectivity index (χ0v) is 13.1. The van der Waals surface area contributed by atoms with Gasteiger partial charge in [0.2, 0.25) is 6.79 Å². The molecule has 1 heterocycles. The molecule has 0 spiro atoms. The summed E-state index contributed by atoms with van der Waals surface area (Å²) >= 11 is 9.35. The van der Waals surface area contributed by atoms with Gasteiger partial charge in [0.15, 0.2) is 11.5 Å². The van der Waals surface area contributed by atoms with E-state index >= 15 is 0 Å². The van der Waals surface area contributed by atoms with Crippen LogP contribution in [-0.2, 0) is 0 Å². The summed E-state index contributed by atoms with van der Waals surface area (Å²) in [5.74, 6) is 1.38. The van der Waals surface area contributed by atoms with Crippen LogP contribution in [0, 0.1) is 11.3 Å². The molecule has 3 rings (SSSR count). The van der Waals surface area contributed by atoms with E-state index < -0.39 is 0 Å². The third-order valence-corrected chi connectivity index (χ3v) is 4.01. The fourth-order valence-corrected chi connectivity index (χ4v) is 2.57. The Labute approximate surface area is 135 Å². The van der Waals surface area contributed by atoms with E-state index in [-0.39, 0.29) is 6.79 Å². The predicted octanol–water partition coefficient (Wildman–Crippen LogP) is 4.90. The molecule has 0 aromatic heterocycles. The van der Waals surface area contributed by atoms with E-state index in [4.69, 9.17) is 21.1 Å². The van der Waals surface area contributed by atoms with Crippen LogP contribution in [0.25, 0.3) is 11.6 Å². The second kappa shape index (κ2) is 5.80. The van der Waals surface area contributed by atoms with Crippen LogP contribution >= 0.6 is 27.5 Å². The number of ether oxygens (including phenoxy) is 2. The average Bonchev–Trinajstić information content (AvgIpc) is 2.93. The Morgan fingerprint density at radius 1 is 1.19 bits per heavy atom. The molecule has 0 aliphatic carbocycles. The molecule has 21 heavy (non-hydrogen) atoms. The minimum atomic E-state index is 0.219. The van der Waals surface area contributed by atoms with Crippen molar-refractivity contribution in [2.45, 2.75) is 0 Å². The quantitative estimate of drug-likeness (QED) is 0.564. The highest BCUT2D eigenvalue weighted by atomic mass is 79.9. The first kappa shape index (κ1) is 14.0. The van der Waals surface area contributed by atoms with Gasteiger partial charge in [-0.15, -0.1) is 0 Å². The molecular formula is C16H9BrClNO2. The summed E-state index contributed by atoms with van der Waals surface area (Å²) in [6, 6.07) is 13.0. The maximum atomic E-state index is 9.37. The summed E-state index contributed by atoms with van der Waals surface area (Å²) in [6.07, 6.45) is 1.80. The van der Waals surface area contributed by atoms with Crippen LogP contribution < -0.4 is 9.47 Å². The minimum Gasteiger partial charge on any atom is -0.454 e. The van der Waals surface area contributed by atoms with E-state index in [1.807, 2.05) is 24.3 Å². The molecule has 104 valence electrons. The van der Waals surface area contributed by atoms with Crippen molar-refractivity contribution in [3.8, 4) is 17.6 Å². The first-order valence-corrected chi connectivity index (χ1v) is 7.31. The predicted molar refractivity (Wildman–Crippen MR) is 85.2 cm³/mol. The standard InChI is InChI=1S/C16H9BrClNO2/c17-14-7-16-15(20-9-21-16)6-11(14)5-12(8-19)10-1-3-13(18)4-2-10/h1-7H,9H2/b12-5+. The van der Waals surface area contributed by atoms with Gasteiger partial charge in [0.1, 0.15) is 0 Å². The maximum Gasteiger partial charge on any atom is 0.231 e. The average molecular weight is 363 g/mol. The lowest BCUT2D eigenvalue weighted by molar-refractivity contribution is 0.174. The third-order valence-electron chi connectivity index (χ3n) is 3.07. The summed E-state index contributed by atoms with van der Waals surface area (Å²) in [6.45, 7) is 0.219. The second-order valence-corrected chi connectivity index (χ2v) is 5.69. The van der Waals surface area contributed by atoms with E-state index in [0.29, 0.717) is 22.1 Å². The van der Waals surface area contributed by atoms with Gasteiger partial charge >= 0.3 is 0 Å². The molecule has 0 saturated carbocycles. The van der Waals surface area contributed by atoms with Crippen molar-refractivity contribution >= 4 is 39.2 Å². The lowest BCUT2D eigenvalue weighted by atomic mass is 10.0. The highest BCUT2D eigenvalue weighted by Crippen LogP contribution is 2.38. The number of allylic oxidation sites excluding steroid dienone is 1. The van der Waals surface area contributed by atoms with Crippen molar-refractivity contribution in [1.82, 2.24) is 0 Å². The van der Waals surface area contributed by atoms with E-state index in [1.54, 1.807) is 18.2 Å². The summed E-state index contributed by atoms with van der Waals surface area (Å²) in [7, 11) is 0. The number of rotatable bonds is 2. The lowest BCUT2D eigenvalue weighted by Gasteiger charge is -2.04. The number of nitrogens with zero attached hydrogens (tertiary/aromatic N) is 1. The molecule has 1 aliphatic heterocycles. The molecule has 3 nitrogen and oxygen atoms in total. The van der Waals surface area contributed by atoms with E-state index in [2.05, 4.69) is 22.0 Å². The van der Waals surface area contributed by atoms with Gasteiger partial charge in [-0.2, -0.15) is 5.26 Å². The van der Waals surface area contributed by atoms with Crippen molar-refractivity contribution in [1.29, 1.82) is 5.26 Å². The van der Waals surface area contributed by atoms with E-state index in [9.17, 15) is 5.26 Å². The Morgan fingerprint density at radius 3 is 2.52 bits per heavy atom. The molecular weight excluding hydrogens is 354 g/mol. The second-order valence-electron chi connectivity index (χ2n) is 4.40. The molecule has 0 saturated heterocycles. The molecule has 1 aliphatic rings. The Morgan fingerprint density at radius 2 is 1.86 bits per heavy atom. The zero-order chi connectivity index (χ0) is 14.8. The normalized spacial score (nSPS) is 13.1. The first-order chi connectivity index (χ1) is 10.2. The van der Waals surface area contributed by atoms with Crippen LogP contribution in [0.4, 0.5) is 0 Å². The van der Waals surface area contributed by atoms with Gasteiger partial charge in [-0.3, -0.25) is 0 Å². The Bertz CT molecular complexity index is 763. The SMILES string of the molecule is N#C/C(=C\c1cc2c(cc1Br)OCO2)c1ccc(Cl)cc1. The number of nitriles is 1. The van der Waals surface area contributed by atoms with Gasteiger partial charge in [0, 0.05) is 9.50 Å². The molecule has 0 amide bonds. The monoisotopic (exact) mass is 361 g/mol. The minimum absolute atomic E-state index is 0.219. The maximum absolute atomic E-state index is 9.37. The molecule has 0 radical (unpaired) electrons. The molecule has 0 N–H and O–H groups in total. The van der Waals surface area contributed by atoms with Gasteiger partial charge in [0.05, 0.1) is 11.6 Å². The number of fused-ring (bicyclic) bond motifs is 1. The molecule has 0 fully saturated rings. The zero-order valence-electron chi connectivity index (χ0n) is 10.8. The van der Waals surface area contributed by atoms with Crippen LogP contribution in [0.1, 0.15) is 11.1 Å². The number of benzene rings is 2. The summed E-state index contributed by atoms with van der Waals surface area (Å²) in [5, 5.41) is 10.0.